The Kier molecular flexibility index (Phi) is 9.66. The lowest BCUT2D eigenvalue weighted by Gasteiger charge is -2.32. The monoisotopic (exact) mass is 460 g/mol. The quantitative estimate of drug-likeness (QED) is 0.162. The summed E-state index contributed by atoms with van der Waals surface area (Å²) in [6.45, 7) is 6.59. The summed E-state index contributed by atoms with van der Waals surface area (Å²) < 4.78 is 0. The van der Waals surface area contributed by atoms with Crippen molar-refractivity contribution in [3.63, 3.8) is 0 Å². The molecule has 1 aliphatic rings. The summed E-state index contributed by atoms with van der Waals surface area (Å²) in [4.78, 5) is 10.0. The first-order chi connectivity index (χ1) is 14.8. The van der Waals surface area contributed by atoms with E-state index < -0.39 is 0 Å². The van der Waals surface area contributed by atoms with Gasteiger partial charge in [0.15, 0.2) is 5.71 Å². The number of nitrogens with zero attached hydrogens (tertiary/aromatic N) is 3. The fourth-order valence-electron chi connectivity index (χ4n) is 3.18. The molecule has 2 N–H and O–H groups in total. The highest BCUT2D eigenvalue weighted by Gasteiger charge is 2.28. The van der Waals surface area contributed by atoms with Crippen LogP contribution in [0.4, 0.5) is 5.69 Å². The molecule has 0 fully saturated rings. The van der Waals surface area contributed by atoms with Gasteiger partial charge in [-0.2, -0.15) is 5.26 Å². The highest BCUT2D eigenvalue weighted by Crippen LogP contribution is 2.44. The lowest BCUT2D eigenvalue weighted by molar-refractivity contribution is -0.420. The Morgan fingerprint density at radius 1 is 1.35 bits per heavy atom. The summed E-state index contributed by atoms with van der Waals surface area (Å²) >= 11 is 8.26. The first-order valence-electron chi connectivity index (χ1n) is 9.96. The van der Waals surface area contributed by atoms with E-state index in [0.29, 0.717) is 17.5 Å². The van der Waals surface area contributed by atoms with Gasteiger partial charge in [-0.05, 0) is 66.4 Å². The third kappa shape index (κ3) is 8.08. The molecule has 0 bridgehead atoms. The molecular formula is C23H29ClN4O2S. The van der Waals surface area contributed by atoms with E-state index in [1.54, 1.807) is 13.0 Å². The predicted molar refractivity (Wildman–Crippen MR) is 130 cm³/mol. The molecule has 0 amide bonds. The van der Waals surface area contributed by atoms with Gasteiger partial charge in [-0.15, -0.1) is 22.0 Å². The standard InChI is InChI=1S/C23H29ClN4O2S/c1-5-29-30-28(16-31-4)27-21(15-25)11-8-18-13-23(2,3)14-19(22(18)24)12-17-6-9-20(26)10-7-17/h6-12H,5,13-14,16,26H2,1-4H3/b11-8+,19-12+,27-21+. The number of nitriles is 1. The fraction of sp³-hybridized carbons (Fsp3) is 0.391. The van der Waals surface area contributed by atoms with Gasteiger partial charge in [-0.3, -0.25) is 0 Å². The Labute approximate surface area is 193 Å². The second-order valence-corrected chi connectivity index (χ2v) is 9.09. The summed E-state index contributed by atoms with van der Waals surface area (Å²) in [5, 5.41) is 15.7. The molecule has 0 radical (unpaired) electrons. The minimum atomic E-state index is 0.0324. The van der Waals surface area contributed by atoms with E-state index in [9.17, 15) is 5.26 Å². The third-order valence-corrected chi connectivity index (χ3v) is 5.42. The van der Waals surface area contributed by atoms with Crippen molar-refractivity contribution in [1.29, 1.82) is 5.26 Å². The van der Waals surface area contributed by atoms with E-state index in [1.165, 1.54) is 16.9 Å². The number of rotatable bonds is 9. The van der Waals surface area contributed by atoms with Crippen molar-refractivity contribution in [2.45, 2.75) is 33.6 Å². The molecule has 0 aliphatic heterocycles. The predicted octanol–water partition coefficient (Wildman–Crippen LogP) is 5.91. The maximum Gasteiger partial charge on any atom is 0.163 e. The van der Waals surface area contributed by atoms with Crippen molar-refractivity contribution in [2.24, 2.45) is 10.5 Å². The van der Waals surface area contributed by atoms with E-state index in [-0.39, 0.29) is 11.1 Å². The molecule has 0 saturated carbocycles. The van der Waals surface area contributed by atoms with Gasteiger partial charge in [0.05, 0.1) is 6.61 Å². The lowest BCUT2D eigenvalue weighted by Crippen LogP contribution is -2.20. The van der Waals surface area contributed by atoms with Gasteiger partial charge < -0.3 is 5.73 Å². The summed E-state index contributed by atoms with van der Waals surface area (Å²) in [6.07, 6.45) is 9.17. The van der Waals surface area contributed by atoms with Crippen LogP contribution in [0, 0.1) is 16.7 Å². The van der Waals surface area contributed by atoms with Crippen LogP contribution in [-0.4, -0.2) is 29.6 Å². The van der Waals surface area contributed by atoms with E-state index in [2.05, 4.69) is 31.1 Å². The van der Waals surface area contributed by atoms with Crippen LogP contribution in [-0.2, 0) is 9.88 Å². The molecule has 8 heteroatoms. The molecule has 0 saturated heterocycles. The van der Waals surface area contributed by atoms with Crippen LogP contribution in [0.3, 0.4) is 0 Å². The molecule has 0 unspecified atom stereocenters. The molecule has 1 aliphatic carbocycles. The van der Waals surface area contributed by atoms with Crippen molar-refractivity contribution in [2.75, 3.05) is 24.5 Å². The fourth-order valence-corrected chi connectivity index (χ4v) is 3.75. The minimum Gasteiger partial charge on any atom is -0.399 e. The van der Waals surface area contributed by atoms with Crippen molar-refractivity contribution in [3.05, 3.63) is 58.2 Å². The highest BCUT2D eigenvalue weighted by molar-refractivity contribution is 7.98. The minimum absolute atomic E-state index is 0.0324. The van der Waals surface area contributed by atoms with Crippen LogP contribution in [0.15, 0.2) is 57.7 Å². The molecule has 6 nitrogen and oxygen atoms in total. The van der Waals surface area contributed by atoms with Crippen LogP contribution in [0.1, 0.15) is 39.2 Å². The van der Waals surface area contributed by atoms with E-state index in [1.807, 2.05) is 36.6 Å². The van der Waals surface area contributed by atoms with Gasteiger partial charge in [-0.1, -0.05) is 54.7 Å². The van der Waals surface area contributed by atoms with Gasteiger partial charge >= 0.3 is 0 Å². The number of halogens is 1. The Hall–Kier alpha value is -2.24. The normalized spacial score (nSPS) is 17.9. The van der Waals surface area contributed by atoms with E-state index in [4.69, 9.17) is 27.2 Å². The molecule has 1 aromatic carbocycles. The molecule has 2 rings (SSSR count). The Bertz CT molecular complexity index is 914. The van der Waals surface area contributed by atoms with Crippen molar-refractivity contribution >= 4 is 40.8 Å². The molecule has 0 atom stereocenters. The van der Waals surface area contributed by atoms with Crippen LogP contribution in [0.25, 0.3) is 6.08 Å². The molecule has 0 aromatic heterocycles. The van der Waals surface area contributed by atoms with Crippen molar-refractivity contribution in [1.82, 2.24) is 5.17 Å². The van der Waals surface area contributed by atoms with Gasteiger partial charge in [-0.25, -0.2) is 4.89 Å². The number of allylic oxidation sites excluding steroid dienone is 5. The lowest BCUT2D eigenvalue weighted by atomic mass is 9.74. The number of hydrogen-bond acceptors (Lipinski definition) is 7. The second-order valence-electron chi connectivity index (χ2n) is 7.87. The Balaban J connectivity index is 2.32. The zero-order valence-corrected chi connectivity index (χ0v) is 20.0. The molecule has 31 heavy (non-hydrogen) atoms. The van der Waals surface area contributed by atoms with Gasteiger partial charge in [0.2, 0.25) is 0 Å². The number of hydrogen-bond donors (Lipinski definition) is 1. The van der Waals surface area contributed by atoms with Crippen LogP contribution < -0.4 is 5.73 Å². The van der Waals surface area contributed by atoms with Gasteiger partial charge in [0.1, 0.15) is 11.9 Å². The average molecular weight is 461 g/mol. The van der Waals surface area contributed by atoms with Crippen molar-refractivity contribution in [3.8, 4) is 6.07 Å². The van der Waals surface area contributed by atoms with Crippen LogP contribution >= 0.6 is 23.4 Å². The number of thioether (sulfide) groups is 1. The summed E-state index contributed by atoms with van der Waals surface area (Å²) in [5.41, 5.74) is 9.80. The zero-order valence-electron chi connectivity index (χ0n) is 18.4. The number of anilines is 1. The topological polar surface area (TPSA) is 83.9 Å². The number of hydrazone groups is 1. The molecule has 1 aromatic rings. The smallest absolute Gasteiger partial charge is 0.163 e. The Morgan fingerprint density at radius 2 is 2.06 bits per heavy atom. The first-order valence-corrected chi connectivity index (χ1v) is 11.7. The third-order valence-electron chi connectivity index (χ3n) is 4.45. The average Bonchev–Trinajstić information content (AvgIpc) is 2.73. The largest absolute Gasteiger partial charge is 0.399 e. The van der Waals surface area contributed by atoms with Gasteiger partial charge in [0.25, 0.3) is 0 Å². The Morgan fingerprint density at radius 3 is 2.68 bits per heavy atom. The van der Waals surface area contributed by atoms with E-state index >= 15 is 0 Å². The number of hydroxylamine groups is 1. The summed E-state index contributed by atoms with van der Waals surface area (Å²) in [6, 6.07) is 9.78. The number of nitrogens with two attached hydrogens (primary N) is 1. The summed E-state index contributed by atoms with van der Waals surface area (Å²) in [5.74, 6) is 0.421. The second kappa shape index (κ2) is 12.0. The van der Waals surface area contributed by atoms with Crippen molar-refractivity contribution < 1.29 is 9.88 Å². The SMILES string of the molecule is CCOON(CSC)/N=C(C#N)\C=C\C1=C(Cl)C(=C/c2ccc(N)cc2)/CC(C)(C)C1. The van der Waals surface area contributed by atoms with E-state index in [0.717, 1.165) is 35.2 Å². The molecule has 0 heterocycles. The molecular weight excluding hydrogens is 432 g/mol. The first kappa shape index (κ1) is 25.0. The number of benzene rings is 1. The number of nitrogen functional groups attached to an aromatic ring is 1. The van der Waals surface area contributed by atoms with Crippen LogP contribution in [0.5, 0.6) is 0 Å². The maximum atomic E-state index is 9.50. The zero-order chi connectivity index (χ0) is 22.9. The summed E-state index contributed by atoms with van der Waals surface area (Å²) in [7, 11) is 0. The highest BCUT2D eigenvalue weighted by atomic mass is 35.5. The maximum absolute atomic E-state index is 9.50. The molecule has 166 valence electrons. The van der Waals surface area contributed by atoms with Crippen LogP contribution in [0.2, 0.25) is 0 Å². The molecule has 0 spiro atoms. The van der Waals surface area contributed by atoms with Gasteiger partial charge in [0, 0.05) is 10.7 Å².